The summed E-state index contributed by atoms with van der Waals surface area (Å²) in [5.41, 5.74) is 4.70. The first-order valence-corrected chi connectivity index (χ1v) is 4.52. The Morgan fingerprint density at radius 2 is 2.06 bits per heavy atom. The monoisotopic (exact) mass is 242 g/mol. The van der Waals surface area contributed by atoms with E-state index in [1.165, 1.54) is 7.11 Å². The van der Waals surface area contributed by atoms with Crippen molar-refractivity contribution in [2.75, 3.05) is 12.8 Å². The summed E-state index contributed by atoms with van der Waals surface area (Å²) in [5, 5.41) is 12.6. The van der Waals surface area contributed by atoms with E-state index < -0.39 is 22.9 Å². The number of aromatic nitrogens is 1. The van der Waals surface area contributed by atoms with Gasteiger partial charge >= 0.3 is 0 Å². The summed E-state index contributed by atoms with van der Waals surface area (Å²) in [4.78, 5) is 0. The van der Waals surface area contributed by atoms with Crippen LogP contribution in [-0.4, -0.2) is 17.4 Å². The number of methoxy groups -OCH3 is 1. The number of aromatic hydroxyl groups is 1. The molecule has 5 nitrogen and oxygen atoms in total. The van der Waals surface area contributed by atoms with Gasteiger partial charge in [0.15, 0.2) is 34.7 Å². The van der Waals surface area contributed by atoms with E-state index in [1.54, 1.807) is 0 Å². The fourth-order valence-corrected chi connectivity index (χ4v) is 1.37. The number of nitrogens with two attached hydrogens (primary N) is 1. The molecule has 17 heavy (non-hydrogen) atoms. The van der Waals surface area contributed by atoms with E-state index in [-0.39, 0.29) is 17.3 Å². The molecular formula is C10H8F2N2O3. The second kappa shape index (κ2) is 3.93. The van der Waals surface area contributed by atoms with Crippen molar-refractivity contribution in [2.24, 2.45) is 0 Å². The number of phenols is 1. The molecule has 1 aromatic carbocycles. The Kier molecular flexibility index (Phi) is 2.58. The summed E-state index contributed by atoms with van der Waals surface area (Å²) in [7, 11) is 1.19. The molecule has 0 radical (unpaired) electrons. The first-order valence-electron chi connectivity index (χ1n) is 4.52. The summed E-state index contributed by atoms with van der Waals surface area (Å²) in [5.74, 6) is -3.49. The molecule has 0 amide bonds. The van der Waals surface area contributed by atoms with Crippen LogP contribution in [0.15, 0.2) is 16.7 Å². The number of rotatable bonds is 2. The van der Waals surface area contributed by atoms with E-state index in [9.17, 15) is 13.9 Å². The number of benzene rings is 1. The molecule has 7 heteroatoms. The lowest BCUT2D eigenvalue weighted by molar-refractivity contribution is 0.368. The van der Waals surface area contributed by atoms with Gasteiger partial charge in [-0.3, -0.25) is 0 Å². The van der Waals surface area contributed by atoms with Crippen molar-refractivity contribution in [1.29, 1.82) is 0 Å². The lowest BCUT2D eigenvalue weighted by Crippen LogP contribution is -1.95. The van der Waals surface area contributed by atoms with Crippen molar-refractivity contribution >= 4 is 5.82 Å². The van der Waals surface area contributed by atoms with Crippen molar-refractivity contribution in [1.82, 2.24) is 5.16 Å². The minimum Gasteiger partial charge on any atom is -0.505 e. The van der Waals surface area contributed by atoms with Crippen LogP contribution in [0.1, 0.15) is 0 Å². The van der Waals surface area contributed by atoms with Crippen molar-refractivity contribution in [3.63, 3.8) is 0 Å². The molecule has 0 bridgehead atoms. The summed E-state index contributed by atoms with van der Waals surface area (Å²) in [6.07, 6.45) is 0. The number of nitrogen functional groups attached to an aromatic ring is 1. The van der Waals surface area contributed by atoms with Gasteiger partial charge in [-0.05, 0) is 0 Å². The van der Waals surface area contributed by atoms with Gasteiger partial charge in [0.25, 0.3) is 0 Å². The van der Waals surface area contributed by atoms with Crippen LogP contribution < -0.4 is 10.5 Å². The first-order chi connectivity index (χ1) is 8.04. The van der Waals surface area contributed by atoms with E-state index in [1.807, 2.05) is 0 Å². The number of hydrogen-bond acceptors (Lipinski definition) is 5. The molecule has 0 saturated heterocycles. The molecule has 1 heterocycles. The van der Waals surface area contributed by atoms with Crippen LogP contribution in [-0.2, 0) is 0 Å². The summed E-state index contributed by atoms with van der Waals surface area (Å²) < 4.78 is 36.7. The van der Waals surface area contributed by atoms with E-state index >= 15 is 0 Å². The number of anilines is 1. The molecule has 0 aliphatic rings. The van der Waals surface area contributed by atoms with Crippen molar-refractivity contribution in [2.45, 2.75) is 0 Å². The largest absolute Gasteiger partial charge is 0.505 e. The predicted molar refractivity (Wildman–Crippen MR) is 54.5 cm³/mol. The molecule has 2 aromatic rings. The van der Waals surface area contributed by atoms with Crippen molar-refractivity contribution in [3.8, 4) is 22.8 Å². The van der Waals surface area contributed by atoms with Crippen LogP contribution in [0, 0.1) is 11.6 Å². The van der Waals surface area contributed by atoms with Crippen molar-refractivity contribution in [3.05, 3.63) is 23.8 Å². The van der Waals surface area contributed by atoms with E-state index in [0.717, 1.165) is 12.1 Å². The van der Waals surface area contributed by atoms with Gasteiger partial charge in [0.1, 0.15) is 0 Å². The molecule has 0 spiro atoms. The lowest BCUT2D eigenvalue weighted by atomic mass is 10.1. The molecule has 0 fully saturated rings. The Balaban J connectivity index is 2.71. The van der Waals surface area contributed by atoms with Gasteiger partial charge in [-0.15, -0.1) is 0 Å². The molecule has 0 atom stereocenters. The highest BCUT2D eigenvalue weighted by Crippen LogP contribution is 2.37. The minimum atomic E-state index is -1.17. The maximum atomic E-state index is 13.8. The number of nitrogens with zero attached hydrogens (tertiary/aromatic N) is 1. The minimum absolute atomic E-state index is 0.0268. The Morgan fingerprint density at radius 3 is 2.59 bits per heavy atom. The Labute approximate surface area is 94.4 Å². The summed E-state index contributed by atoms with van der Waals surface area (Å²) in [6, 6.07) is 1.97. The SMILES string of the molecule is COc1cc(O)c(F)c(-c2cc(N)no2)c1F. The fraction of sp³-hybridized carbons (Fsp3) is 0.100. The topological polar surface area (TPSA) is 81.5 Å². The zero-order chi connectivity index (χ0) is 12.6. The van der Waals surface area contributed by atoms with E-state index in [4.69, 9.17) is 5.73 Å². The van der Waals surface area contributed by atoms with Crippen LogP contribution >= 0.6 is 0 Å². The van der Waals surface area contributed by atoms with Crippen LogP contribution in [0.2, 0.25) is 0 Å². The van der Waals surface area contributed by atoms with Crippen LogP contribution in [0.3, 0.4) is 0 Å². The van der Waals surface area contributed by atoms with Crippen LogP contribution in [0.4, 0.5) is 14.6 Å². The van der Waals surface area contributed by atoms with Gasteiger partial charge in [0.2, 0.25) is 0 Å². The van der Waals surface area contributed by atoms with Gasteiger partial charge in [-0.2, -0.15) is 0 Å². The second-order valence-corrected chi connectivity index (χ2v) is 3.22. The normalized spacial score (nSPS) is 10.5. The standard InChI is InChI=1S/C10H8F2N2O3/c1-16-6-2-4(15)9(11)8(10(6)12)5-3-7(13)14-17-5/h2-3,15H,1H3,(H2,13,14). The zero-order valence-corrected chi connectivity index (χ0v) is 8.70. The molecule has 0 aliphatic heterocycles. The number of halogens is 2. The van der Waals surface area contributed by atoms with Crippen LogP contribution in [0.5, 0.6) is 11.5 Å². The average Bonchev–Trinajstić information content (AvgIpc) is 2.70. The molecule has 2 rings (SSSR count). The van der Waals surface area contributed by atoms with Gasteiger partial charge < -0.3 is 20.1 Å². The quantitative estimate of drug-likeness (QED) is 0.840. The predicted octanol–water partition coefficient (Wildman–Crippen LogP) is 1.92. The first kappa shape index (κ1) is 11.2. The Bertz CT molecular complexity index is 569. The third-order valence-corrected chi connectivity index (χ3v) is 2.14. The molecule has 1 aromatic heterocycles. The van der Waals surface area contributed by atoms with Gasteiger partial charge in [0, 0.05) is 12.1 Å². The van der Waals surface area contributed by atoms with Crippen molar-refractivity contribution < 1.29 is 23.1 Å². The molecule has 0 aliphatic carbocycles. The fourth-order valence-electron chi connectivity index (χ4n) is 1.37. The maximum absolute atomic E-state index is 13.8. The highest BCUT2D eigenvalue weighted by molar-refractivity contribution is 5.66. The number of phenolic OH excluding ortho intramolecular Hbond substituents is 1. The Hall–Kier alpha value is -2.31. The van der Waals surface area contributed by atoms with Gasteiger partial charge in [0.05, 0.1) is 12.7 Å². The molecule has 3 N–H and O–H groups in total. The highest BCUT2D eigenvalue weighted by atomic mass is 19.1. The smallest absolute Gasteiger partial charge is 0.179 e. The van der Waals surface area contributed by atoms with Gasteiger partial charge in [-0.25, -0.2) is 8.78 Å². The second-order valence-electron chi connectivity index (χ2n) is 3.22. The van der Waals surface area contributed by atoms with E-state index in [2.05, 4.69) is 14.4 Å². The zero-order valence-electron chi connectivity index (χ0n) is 8.70. The summed E-state index contributed by atoms with van der Waals surface area (Å²) in [6.45, 7) is 0. The Morgan fingerprint density at radius 1 is 1.35 bits per heavy atom. The third-order valence-electron chi connectivity index (χ3n) is 2.14. The molecule has 90 valence electrons. The van der Waals surface area contributed by atoms with Crippen LogP contribution in [0.25, 0.3) is 11.3 Å². The summed E-state index contributed by atoms with van der Waals surface area (Å²) >= 11 is 0. The third kappa shape index (κ3) is 1.75. The van der Waals surface area contributed by atoms with Gasteiger partial charge in [-0.1, -0.05) is 5.16 Å². The number of hydrogen-bond donors (Lipinski definition) is 2. The molecule has 0 unspecified atom stereocenters. The molecule has 0 saturated carbocycles. The lowest BCUT2D eigenvalue weighted by Gasteiger charge is -2.07. The van der Waals surface area contributed by atoms with E-state index in [0.29, 0.717) is 0 Å². The highest BCUT2D eigenvalue weighted by Gasteiger charge is 2.23. The number of ether oxygens (including phenoxy) is 1. The average molecular weight is 242 g/mol. The molecular weight excluding hydrogens is 234 g/mol. The maximum Gasteiger partial charge on any atom is 0.179 e.